The molecule has 6 nitrogen and oxygen atoms in total. The summed E-state index contributed by atoms with van der Waals surface area (Å²) >= 11 is 0. The van der Waals surface area contributed by atoms with Gasteiger partial charge in [0.1, 0.15) is 17.1 Å². The number of hydrogen-bond donors (Lipinski definition) is 1. The quantitative estimate of drug-likeness (QED) is 0.434. The number of piperidine rings is 1. The number of nitrogens with two attached hydrogens (primary N) is 1. The molecular weight excluding hydrogens is 587 g/mol. The van der Waals surface area contributed by atoms with Crippen LogP contribution in [0, 0.1) is 11.2 Å². The molecule has 8 heteroatoms. The molecule has 7 rings (SSSR count). The zero-order valence-electron chi connectivity index (χ0n) is 26.5. The summed E-state index contributed by atoms with van der Waals surface area (Å²) in [5.74, 6) is 1.86. The molecule has 2 aliphatic carbocycles. The maximum atomic E-state index is 14.6. The number of hydrogen-bond acceptors (Lipinski definition) is 3. The first-order chi connectivity index (χ1) is 21.2. The molecule has 0 bridgehead atoms. The molecule has 1 saturated heterocycles. The van der Waals surface area contributed by atoms with Crippen molar-refractivity contribution in [2.45, 2.75) is 95.5 Å². The average molecular weight is 631 g/mol. The van der Waals surface area contributed by atoms with Gasteiger partial charge in [0.15, 0.2) is 0 Å². The highest BCUT2D eigenvalue weighted by Crippen LogP contribution is 2.61. The second-order valence-electron chi connectivity index (χ2n) is 14.0. The number of carbonyl (C=O) groups excluding carboxylic acids is 1. The largest absolute Gasteiger partial charge is 1.00 e. The summed E-state index contributed by atoms with van der Waals surface area (Å²) in [5.41, 5.74) is 3.01. The molecule has 3 aromatic rings. The molecule has 2 amide bonds. The Morgan fingerprint density at radius 1 is 0.978 bits per heavy atom. The van der Waals surface area contributed by atoms with Crippen LogP contribution in [0.1, 0.15) is 76.3 Å². The van der Waals surface area contributed by atoms with Gasteiger partial charge in [-0.15, -0.1) is 4.99 Å². The first-order valence-electron chi connectivity index (χ1n) is 16.3. The summed E-state index contributed by atoms with van der Waals surface area (Å²) in [6.07, 6.45) is 6.53. The lowest BCUT2D eigenvalue weighted by Crippen LogP contribution is -3.00. The summed E-state index contributed by atoms with van der Waals surface area (Å²) < 4.78 is 20.5. The van der Waals surface area contributed by atoms with Crippen LogP contribution >= 0.6 is 0 Å². The number of anilines is 1. The Morgan fingerprint density at radius 3 is 2.47 bits per heavy atom. The summed E-state index contributed by atoms with van der Waals surface area (Å²) in [6, 6.07) is 25.9. The topological polar surface area (TPSA) is 61.8 Å². The Kier molecular flexibility index (Phi) is 8.81. The molecule has 0 radical (unpaired) electrons. The molecule has 3 aromatic carbocycles. The number of nitrogens with zero attached hydrogens (tertiary/aromatic N) is 3. The Morgan fingerprint density at radius 2 is 1.76 bits per heavy atom. The average Bonchev–Trinajstić information content (AvgIpc) is 3.57. The molecule has 4 atom stereocenters. The smallest absolute Gasteiger partial charge is 0.353 e. The molecule has 0 unspecified atom stereocenters. The lowest BCUT2D eigenvalue weighted by Gasteiger charge is -2.47. The molecule has 3 fully saturated rings. The van der Waals surface area contributed by atoms with Crippen LogP contribution in [0.4, 0.5) is 14.9 Å². The number of quaternary nitrogens is 1. The van der Waals surface area contributed by atoms with E-state index in [4.69, 9.17) is 9.73 Å². The third-order valence-corrected chi connectivity index (χ3v) is 10.5. The highest BCUT2D eigenvalue weighted by atomic mass is 35.5. The van der Waals surface area contributed by atoms with E-state index in [9.17, 15) is 9.18 Å². The van der Waals surface area contributed by atoms with Gasteiger partial charge in [0.2, 0.25) is 5.84 Å². The second kappa shape index (κ2) is 12.5. The van der Waals surface area contributed by atoms with Crippen LogP contribution in [-0.2, 0) is 6.54 Å². The summed E-state index contributed by atoms with van der Waals surface area (Å²) in [4.78, 5) is 22.9. The number of aliphatic imine (C=N–C) groups is 1. The third-order valence-electron chi connectivity index (χ3n) is 10.5. The highest BCUT2D eigenvalue weighted by molar-refractivity contribution is 6.13. The first kappa shape index (κ1) is 31.7. The van der Waals surface area contributed by atoms with Crippen molar-refractivity contribution < 1.29 is 31.6 Å². The predicted octanol–water partition coefficient (Wildman–Crippen LogP) is 3.67. The minimum absolute atomic E-state index is 0. The standard InChI is InChI=1S/C37H43FN4O2.ClH/c1-25(2)44-31-14-7-9-27(19-31)24-41-18-17-37(21-26(41)3)34(40-35(43)42(37)30-13-8-12-29(38)20-30)39-33-23-36(15-16-36)22-32(33)28-10-5-4-6-11-28;/h4-14,19-20,25-26,32-33H,15-18,21-24H2,1-3H3,(H,39,40,43);1H/t26-,32+,33-,37+;/m0./s1. The minimum atomic E-state index is -0.607. The van der Waals surface area contributed by atoms with Crippen molar-refractivity contribution in [3.63, 3.8) is 0 Å². The normalized spacial score (nSPS) is 27.2. The maximum absolute atomic E-state index is 14.6. The van der Waals surface area contributed by atoms with Crippen molar-refractivity contribution in [2.75, 3.05) is 11.4 Å². The monoisotopic (exact) mass is 630 g/mol. The highest BCUT2D eigenvalue weighted by Gasteiger charge is 2.60. The van der Waals surface area contributed by atoms with Gasteiger partial charge in [-0.2, -0.15) is 0 Å². The number of urea groups is 1. The molecule has 2 heterocycles. The number of benzene rings is 3. The van der Waals surface area contributed by atoms with Crippen molar-refractivity contribution >= 4 is 17.6 Å². The molecular formula is C37H44ClFN4O2. The van der Waals surface area contributed by atoms with Gasteiger partial charge >= 0.3 is 6.03 Å². The van der Waals surface area contributed by atoms with E-state index in [-0.39, 0.29) is 36.4 Å². The summed E-state index contributed by atoms with van der Waals surface area (Å²) in [7, 11) is 0. The molecule has 0 aromatic heterocycles. The first-order valence-corrected chi connectivity index (χ1v) is 16.3. The number of halogens is 2. The molecule has 45 heavy (non-hydrogen) atoms. The van der Waals surface area contributed by atoms with Crippen molar-refractivity contribution in [2.24, 2.45) is 10.4 Å². The van der Waals surface area contributed by atoms with Gasteiger partial charge in [-0.1, -0.05) is 48.5 Å². The van der Waals surface area contributed by atoms with Crippen LogP contribution in [0.5, 0.6) is 5.75 Å². The Labute approximate surface area is 272 Å². The fourth-order valence-electron chi connectivity index (χ4n) is 8.25. The van der Waals surface area contributed by atoms with E-state index >= 15 is 0 Å². The Hall–Kier alpha value is -3.26. The van der Waals surface area contributed by atoms with E-state index in [1.165, 1.54) is 42.5 Å². The molecule has 238 valence electrons. The molecule has 2 aliphatic heterocycles. The van der Waals surface area contributed by atoms with Crippen LogP contribution in [0.15, 0.2) is 83.9 Å². The number of amides is 2. The number of amidine groups is 1. The Balaban J connectivity index is 0.00000357. The number of likely N-dealkylation sites (tertiary alicyclic amines) is 1. The number of ether oxygens (including phenoxy) is 1. The molecule has 4 aliphatic rings. The van der Waals surface area contributed by atoms with Gasteiger partial charge in [0, 0.05) is 37.2 Å². The van der Waals surface area contributed by atoms with Crippen molar-refractivity contribution in [3.05, 3.63) is 95.8 Å². The van der Waals surface area contributed by atoms with E-state index in [0.29, 0.717) is 23.1 Å². The van der Waals surface area contributed by atoms with Gasteiger partial charge in [-0.25, -0.2) is 9.18 Å². The van der Waals surface area contributed by atoms with Crippen LogP contribution in [-0.4, -0.2) is 47.0 Å². The summed E-state index contributed by atoms with van der Waals surface area (Å²) in [6.45, 7) is 7.94. The number of rotatable bonds is 7. The fourth-order valence-corrected chi connectivity index (χ4v) is 8.25. The zero-order valence-corrected chi connectivity index (χ0v) is 27.2. The van der Waals surface area contributed by atoms with E-state index in [0.717, 1.165) is 43.9 Å². The fraction of sp³-hybridized carbons (Fsp3) is 0.459. The molecule has 2 N–H and O–H groups in total. The van der Waals surface area contributed by atoms with Gasteiger partial charge in [0.25, 0.3) is 0 Å². The van der Waals surface area contributed by atoms with Gasteiger partial charge < -0.3 is 17.1 Å². The van der Waals surface area contributed by atoms with Crippen LogP contribution in [0.3, 0.4) is 0 Å². The van der Waals surface area contributed by atoms with Crippen molar-refractivity contribution in [1.29, 1.82) is 0 Å². The predicted molar refractivity (Wildman–Crippen MR) is 172 cm³/mol. The lowest BCUT2D eigenvalue weighted by atomic mass is 9.80. The molecule has 2 saturated carbocycles. The van der Waals surface area contributed by atoms with Gasteiger partial charge in [0.05, 0.1) is 12.1 Å². The van der Waals surface area contributed by atoms with Crippen LogP contribution in [0.2, 0.25) is 0 Å². The van der Waals surface area contributed by atoms with E-state index in [1.54, 1.807) is 6.07 Å². The minimum Gasteiger partial charge on any atom is -1.00 e. The van der Waals surface area contributed by atoms with Gasteiger partial charge in [-0.05, 0) is 99.7 Å². The van der Waals surface area contributed by atoms with Gasteiger partial charge in [-0.3, -0.25) is 15.1 Å². The van der Waals surface area contributed by atoms with E-state index in [1.807, 2.05) is 30.9 Å². The van der Waals surface area contributed by atoms with Crippen LogP contribution < -0.4 is 27.4 Å². The maximum Gasteiger partial charge on any atom is 0.353 e. The second-order valence-corrected chi connectivity index (χ2v) is 14.0. The van der Waals surface area contributed by atoms with E-state index < -0.39 is 5.54 Å². The third kappa shape index (κ3) is 6.27. The zero-order chi connectivity index (χ0) is 30.5. The van der Waals surface area contributed by atoms with Crippen molar-refractivity contribution in [3.8, 4) is 5.75 Å². The van der Waals surface area contributed by atoms with E-state index in [2.05, 4.69) is 65.7 Å². The summed E-state index contributed by atoms with van der Waals surface area (Å²) in [5, 5.41) is 2.36. The molecule has 2 spiro atoms. The Bertz CT molecular complexity index is 1560. The lowest BCUT2D eigenvalue weighted by molar-refractivity contribution is -0.587. The SMILES string of the molecule is CC(C)Oc1cccc(CN2CC[C@@]3(C[C@@H]2C)C([NH2+][C@H]2CC4(CC4)C[C@@H]2c2ccccc2)=NC(=O)N3c2cccc(F)c2)c1.[Cl-]. The van der Waals surface area contributed by atoms with Crippen LogP contribution in [0.25, 0.3) is 0 Å². The number of carbonyl (C=O) groups is 1. The van der Waals surface area contributed by atoms with Crippen molar-refractivity contribution in [1.82, 2.24) is 4.90 Å².